The van der Waals surface area contributed by atoms with Crippen LogP contribution in [0.15, 0.2) is 24.3 Å². The Hall–Kier alpha value is -1.29. The lowest BCUT2D eigenvalue weighted by molar-refractivity contribution is -1.92. The molecule has 0 heterocycles. The van der Waals surface area contributed by atoms with Crippen molar-refractivity contribution in [3.63, 3.8) is 0 Å². The fourth-order valence-electron chi connectivity index (χ4n) is 1.11. The van der Waals surface area contributed by atoms with Crippen molar-refractivity contribution in [1.29, 1.82) is 0 Å². The minimum absolute atomic E-state index is 0.305. The lowest BCUT2D eigenvalue weighted by atomic mass is 10.1. The number of methoxy groups -OCH3 is 1. The summed E-state index contributed by atoms with van der Waals surface area (Å²) in [4.78, 5) is 11.0. The van der Waals surface area contributed by atoms with Gasteiger partial charge in [-0.15, -0.1) is 0 Å². The summed E-state index contributed by atoms with van der Waals surface area (Å²) in [5.74, 6) is -0.769. The van der Waals surface area contributed by atoms with E-state index in [-0.39, 0.29) is 5.82 Å². The van der Waals surface area contributed by atoms with E-state index in [0.717, 1.165) is 5.56 Å². The highest BCUT2D eigenvalue weighted by atomic mass is 35.7. The van der Waals surface area contributed by atoms with E-state index in [1.807, 2.05) is 0 Å². The molecule has 1 rings (SSSR count). The highest BCUT2D eigenvalue weighted by Crippen LogP contribution is 2.05. The van der Waals surface area contributed by atoms with Crippen LogP contribution in [0.4, 0.5) is 4.39 Å². The normalized spacial score (nSPS) is 12.2. The SMILES string of the molecule is COC(=O)C(N)Cc1ccc(F)cc1.[O-][Cl+3]([O-])([O-])O. The fraction of sp³-hybridized carbons (Fsp3) is 0.300. The molecule has 0 spiro atoms. The van der Waals surface area contributed by atoms with Gasteiger partial charge < -0.3 is 10.5 Å². The first-order chi connectivity index (χ1) is 8.63. The van der Waals surface area contributed by atoms with Gasteiger partial charge in [0, 0.05) is 0 Å². The Labute approximate surface area is 110 Å². The number of esters is 1. The molecule has 0 saturated heterocycles. The molecule has 9 heteroatoms. The third-order valence-electron chi connectivity index (χ3n) is 1.87. The molecular weight excluding hydrogens is 285 g/mol. The molecule has 1 unspecified atom stereocenters. The Balaban J connectivity index is 0.000000555. The van der Waals surface area contributed by atoms with E-state index in [1.165, 1.54) is 19.2 Å². The Kier molecular flexibility index (Phi) is 7.45. The summed E-state index contributed by atoms with van der Waals surface area (Å²) in [5.41, 5.74) is 6.34. The fourth-order valence-corrected chi connectivity index (χ4v) is 1.11. The first kappa shape index (κ1) is 17.7. The van der Waals surface area contributed by atoms with E-state index in [2.05, 4.69) is 4.74 Å². The van der Waals surface area contributed by atoms with Crippen molar-refractivity contribution in [2.45, 2.75) is 12.5 Å². The van der Waals surface area contributed by atoms with Gasteiger partial charge in [-0.05, 0) is 24.1 Å². The van der Waals surface area contributed by atoms with Crippen LogP contribution in [-0.4, -0.2) is 23.8 Å². The summed E-state index contributed by atoms with van der Waals surface area (Å²) in [7, 11) is -3.41. The number of nitrogens with two attached hydrogens (primary N) is 1. The van der Waals surface area contributed by atoms with E-state index < -0.39 is 22.3 Å². The summed E-state index contributed by atoms with van der Waals surface area (Å²) in [6, 6.07) is 5.17. The van der Waals surface area contributed by atoms with Gasteiger partial charge in [0.2, 0.25) is 0 Å². The number of ether oxygens (including phenoxy) is 1. The summed E-state index contributed by atoms with van der Waals surface area (Å²) in [6.07, 6.45) is 0.354. The molecule has 0 amide bonds. The summed E-state index contributed by atoms with van der Waals surface area (Å²) in [6.45, 7) is 0. The van der Waals surface area contributed by atoms with Crippen LogP contribution < -0.4 is 19.7 Å². The molecule has 0 aliphatic rings. The number of carbonyl (C=O) groups is 1. The topological polar surface area (TPSA) is 142 Å². The molecule has 0 aromatic heterocycles. The van der Waals surface area contributed by atoms with Crippen molar-refractivity contribution in [3.05, 3.63) is 35.6 Å². The molecule has 0 radical (unpaired) electrons. The first-order valence-corrected chi connectivity index (χ1v) is 6.11. The van der Waals surface area contributed by atoms with E-state index in [0.29, 0.717) is 6.42 Å². The predicted molar refractivity (Wildman–Crippen MR) is 52.3 cm³/mol. The summed E-state index contributed by atoms with van der Waals surface area (Å²) in [5, 5.41) is 0. The second-order valence-electron chi connectivity index (χ2n) is 3.36. The third-order valence-corrected chi connectivity index (χ3v) is 1.87. The van der Waals surface area contributed by atoms with E-state index in [9.17, 15) is 9.18 Å². The van der Waals surface area contributed by atoms with E-state index in [4.69, 9.17) is 24.4 Å². The highest BCUT2D eigenvalue weighted by molar-refractivity contribution is 5.75. The monoisotopic (exact) mass is 297 g/mol. The van der Waals surface area contributed by atoms with Crippen LogP contribution in [0.5, 0.6) is 0 Å². The standard InChI is InChI=1S/C10H12FNO2.ClHO4/c1-14-10(13)9(12)6-7-2-4-8(11)5-3-7;2-1(3,4)5/h2-5,9H,6,12H2,1H3;(H,2,3,4,5). The van der Waals surface area contributed by atoms with Gasteiger partial charge in [-0.25, -0.2) is 4.39 Å². The molecule has 0 aliphatic carbocycles. The van der Waals surface area contributed by atoms with Crippen molar-refractivity contribution < 1.29 is 42.8 Å². The van der Waals surface area contributed by atoms with Crippen molar-refractivity contribution in [1.82, 2.24) is 0 Å². The molecule has 1 aromatic rings. The molecule has 1 atom stereocenters. The number of halogens is 2. The molecule has 0 bridgehead atoms. The minimum Gasteiger partial charge on any atom is -0.468 e. The Morgan fingerprint density at radius 2 is 1.84 bits per heavy atom. The lowest BCUT2D eigenvalue weighted by Gasteiger charge is -2.08. The van der Waals surface area contributed by atoms with Crippen molar-refractivity contribution in [3.8, 4) is 0 Å². The molecule has 19 heavy (non-hydrogen) atoms. The van der Waals surface area contributed by atoms with Gasteiger partial charge in [0.25, 0.3) is 0 Å². The molecule has 0 fully saturated rings. The van der Waals surface area contributed by atoms with Gasteiger partial charge in [-0.1, -0.05) is 12.1 Å². The summed E-state index contributed by atoms with van der Waals surface area (Å²) < 4.78 is 49.7. The van der Waals surface area contributed by atoms with E-state index in [1.54, 1.807) is 12.1 Å². The zero-order chi connectivity index (χ0) is 15.1. The highest BCUT2D eigenvalue weighted by Gasteiger charge is 2.13. The second-order valence-corrected chi connectivity index (χ2v) is 4.15. The van der Waals surface area contributed by atoms with Crippen molar-refractivity contribution in [2.24, 2.45) is 5.73 Å². The molecule has 0 aliphatic heterocycles. The van der Waals surface area contributed by atoms with Crippen LogP contribution in [0.3, 0.4) is 0 Å². The molecule has 108 valence electrons. The quantitative estimate of drug-likeness (QED) is 0.558. The number of carbonyl (C=O) groups excluding carboxylic acids is 1. The molecule has 1 aromatic carbocycles. The maximum Gasteiger partial charge on any atom is 0.322 e. The number of hydrogen-bond donors (Lipinski definition) is 2. The van der Waals surface area contributed by atoms with Crippen molar-refractivity contribution in [2.75, 3.05) is 7.11 Å². The van der Waals surface area contributed by atoms with Crippen LogP contribution in [0.2, 0.25) is 0 Å². The lowest BCUT2D eigenvalue weighted by Crippen LogP contribution is -2.58. The number of benzene rings is 1. The van der Waals surface area contributed by atoms with Gasteiger partial charge in [0.15, 0.2) is 0 Å². The largest absolute Gasteiger partial charge is 0.468 e. The summed E-state index contributed by atoms with van der Waals surface area (Å²) >= 11 is 0. The van der Waals surface area contributed by atoms with Crippen molar-refractivity contribution >= 4 is 5.97 Å². The Bertz CT molecular complexity index is 388. The van der Waals surface area contributed by atoms with Gasteiger partial charge in [0.1, 0.15) is 11.9 Å². The van der Waals surface area contributed by atoms with Gasteiger partial charge in [-0.3, -0.25) is 4.79 Å². The van der Waals surface area contributed by atoms with E-state index >= 15 is 0 Å². The van der Waals surface area contributed by atoms with Gasteiger partial charge in [-0.2, -0.15) is 14.0 Å². The molecule has 0 saturated carbocycles. The maximum atomic E-state index is 12.5. The van der Waals surface area contributed by atoms with Crippen LogP contribution in [0, 0.1) is 16.1 Å². The minimum atomic E-state index is -4.69. The maximum absolute atomic E-state index is 12.5. The van der Waals surface area contributed by atoms with Crippen LogP contribution in [0.1, 0.15) is 5.56 Å². The molecule has 3 N–H and O–H groups in total. The first-order valence-electron chi connectivity index (χ1n) is 4.84. The number of rotatable bonds is 3. The average Bonchev–Trinajstić information content (AvgIpc) is 2.29. The molecular formula is C10H13ClFNO6. The Morgan fingerprint density at radius 1 is 1.42 bits per heavy atom. The van der Waals surface area contributed by atoms with Crippen LogP contribution in [0.25, 0.3) is 0 Å². The smallest absolute Gasteiger partial charge is 0.322 e. The predicted octanol–water partition coefficient (Wildman–Crippen LogP) is -3.26. The van der Waals surface area contributed by atoms with Gasteiger partial charge >= 0.3 is 5.97 Å². The zero-order valence-corrected chi connectivity index (χ0v) is 10.7. The third kappa shape index (κ3) is 10.3. The second kappa shape index (κ2) is 8.00. The number of hydrogen-bond acceptors (Lipinski definition) is 7. The molecule has 7 nitrogen and oxygen atoms in total. The average molecular weight is 298 g/mol. The van der Waals surface area contributed by atoms with Gasteiger partial charge in [0.05, 0.1) is 22.0 Å². The van der Waals surface area contributed by atoms with Crippen LogP contribution in [-0.2, 0) is 16.0 Å². The zero-order valence-electron chi connectivity index (χ0n) is 9.92. The Morgan fingerprint density at radius 3 is 2.21 bits per heavy atom. The van der Waals surface area contributed by atoms with Crippen LogP contribution >= 0.6 is 0 Å².